The summed E-state index contributed by atoms with van der Waals surface area (Å²) in [6.45, 7) is 2.23. The number of hydrogen-bond acceptors (Lipinski definition) is 10. The fourth-order valence-electron chi connectivity index (χ4n) is 3.83. The second kappa shape index (κ2) is 10.0. The average Bonchev–Trinajstić information content (AvgIpc) is 3.09. The molecular formula is C21H26N2O10. The highest BCUT2D eigenvalue weighted by atomic mass is 16.6. The van der Waals surface area contributed by atoms with Crippen LogP contribution in [0.1, 0.15) is 29.3 Å². The van der Waals surface area contributed by atoms with Crippen molar-refractivity contribution in [3.05, 3.63) is 23.3 Å². The molecule has 12 heteroatoms. The van der Waals surface area contributed by atoms with Gasteiger partial charge in [0.05, 0.1) is 20.8 Å². The van der Waals surface area contributed by atoms with Gasteiger partial charge in [0.2, 0.25) is 5.91 Å². The number of imide groups is 1. The third kappa shape index (κ3) is 5.01. The van der Waals surface area contributed by atoms with E-state index >= 15 is 0 Å². The van der Waals surface area contributed by atoms with Crippen molar-refractivity contribution in [3.8, 4) is 11.5 Å². The molecule has 33 heavy (non-hydrogen) atoms. The summed E-state index contributed by atoms with van der Waals surface area (Å²) < 4.78 is 27.2. The van der Waals surface area contributed by atoms with Crippen molar-refractivity contribution in [3.63, 3.8) is 0 Å². The average molecular weight is 466 g/mol. The Kier molecular flexibility index (Phi) is 7.39. The van der Waals surface area contributed by atoms with Crippen LogP contribution in [0.5, 0.6) is 11.5 Å². The van der Waals surface area contributed by atoms with Crippen LogP contribution in [-0.2, 0) is 23.8 Å². The first-order valence-electron chi connectivity index (χ1n) is 10.2. The summed E-state index contributed by atoms with van der Waals surface area (Å²) in [6, 6.07) is 2.39. The molecule has 1 aromatic rings. The van der Waals surface area contributed by atoms with Gasteiger partial charge in [0, 0.05) is 26.0 Å². The number of aliphatic hydroxyl groups is 1. The number of nitrogens with one attached hydrogen (secondary N) is 1. The highest BCUT2D eigenvalue weighted by molar-refractivity contribution is 5.97. The number of benzene rings is 1. The smallest absolute Gasteiger partial charge is 0.342 e. The minimum Gasteiger partial charge on any atom is -0.497 e. The molecule has 0 unspecified atom stereocenters. The maximum atomic E-state index is 13.1. The molecule has 180 valence electrons. The molecule has 2 heterocycles. The molecule has 3 amide bonds. The molecule has 0 aromatic heterocycles. The lowest BCUT2D eigenvalue weighted by molar-refractivity contribution is -0.159. The standard InChI is InChI=1S/C21H26N2O10/c1-10-7-12(29-3)8-13(30-4)16(10)20(27)33-17-14(9-24)32-19(18(17)31-11(2)25)23-6-5-15(26)22-21(23)28/h7-8,14,17-19,24H,5-6,9H2,1-4H3,(H,22,26,28)/t14-,17-,18-,19-/m1/s1. The predicted molar refractivity (Wildman–Crippen MR) is 110 cm³/mol. The number of aliphatic hydroxyl groups excluding tert-OH is 1. The summed E-state index contributed by atoms with van der Waals surface area (Å²) in [6.07, 6.45) is -4.76. The van der Waals surface area contributed by atoms with Gasteiger partial charge in [-0.05, 0) is 18.6 Å². The fourth-order valence-corrected chi connectivity index (χ4v) is 3.83. The van der Waals surface area contributed by atoms with Gasteiger partial charge in [-0.2, -0.15) is 0 Å². The lowest BCUT2D eigenvalue weighted by Crippen LogP contribution is -2.57. The normalized spacial score (nSPS) is 24.8. The number of carbonyl (C=O) groups excluding carboxylic acids is 4. The van der Waals surface area contributed by atoms with Gasteiger partial charge in [0.25, 0.3) is 0 Å². The van der Waals surface area contributed by atoms with E-state index in [0.29, 0.717) is 11.3 Å². The highest BCUT2D eigenvalue weighted by Crippen LogP contribution is 2.33. The summed E-state index contributed by atoms with van der Waals surface area (Å²) in [4.78, 5) is 49.9. The van der Waals surface area contributed by atoms with Gasteiger partial charge in [-0.3, -0.25) is 19.8 Å². The van der Waals surface area contributed by atoms with Gasteiger partial charge in [0.15, 0.2) is 18.4 Å². The summed E-state index contributed by atoms with van der Waals surface area (Å²) in [5.41, 5.74) is 0.617. The maximum Gasteiger partial charge on any atom is 0.342 e. The Morgan fingerprint density at radius 2 is 1.91 bits per heavy atom. The van der Waals surface area contributed by atoms with E-state index in [1.54, 1.807) is 13.0 Å². The Hall–Kier alpha value is -3.38. The van der Waals surface area contributed by atoms with Gasteiger partial charge < -0.3 is 28.8 Å². The Morgan fingerprint density at radius 3 is 2.48 bits per heavy atom. The molecule has 2 aliphatic rings. The Morgan fingerprint density at radius 1 is 1.18 bits per heavy atom. The van der Waals surface area contributed by atoms with Crippen LogP contribution in [-0.4, -0.2) is 85.8 Å². The van der Waals surface area contributed by atoms with Crippen LogP contribution in [0.15, 0.2) is 12.1 Å². The number of carbonyl (C=O) groups is 4. The van der Waals surface area contributed by atoms with Crippen molar-refractivity contribution >= 4 is 23.9 Å². The second-order valence-corrected chi connectivity index (χ2v) is 7.51. The number of esters is 2. The molecule has 0 aliphatic carbocycles. The minimum atomic E-state index is -1.24. The van der Waals surface area contributed by atoms with Crippen molar-refractivity contribution in [1.82, 2.24) is 10.2 Å². The van der Waals surface area contributed by atoms with Crippen LogP contribution >= 0.6 is 0 Å². The molecule has 0 bridgehead atoms. The molecule has 12 nitrogen and oxygen atoms in total. The zero-order valence-electron chi connectivity index (χ0n) is 18.7. The van der Waals surface area contributed by atoms with Crippen molar-refractivity contribution in [1.29, 1.82) is 0 Å². The zero-order chi connectivity index (χ0) is 24.3. The van der Waals surface area contributed by atoms with E-state index in [2.05, 4.69) is 5.32 Å². The van der Waals surface area contributed by atoms with Crippen LogP contribution < -0.4 is 14.8 Å². The van der Waals surface area contributed by atoms with Crippen LogP contribution in [0.2, 0.25) is 0 Å². The number of ether oxygens (including phenoxy) is 5. The molecule has 2 aliphatic heterocycles. The van der Waals surface area contributed by atoms with Crippen LogP contribution in [0.25, 0.3) is 0 Å². The van der Waals surface area contributed by atoms with Crippen molar-refractivity contribution < 1.29 is 48.0 Å². The highest BCUT2D eigenvalue weighted by Gasteiger charge is 2.53. The Bertz CT molecular complexity index is 949. The maximum absolute atomic E-state index is 13.1. The topological polar surface area (TPSA) is 150 Å². The summed E-state index contributed by atoms with van der Waals surface area (Å²) in [5, 5.41) is 12.0. The lowest BCUT2D eigenvalue weighted by atomic mass is 10.1. The molecule has 0 spiro atoms. The first kappa shape index (κ1) is 24.3. The second-order valence-electron chi connectivity index (χ2n) is 7.51. The third-order valence-electron chi connectivity index (χ3n) is 5.34. The minimum absolute atomic E-state index is 0.00265. The van der Waals surface area contributed by atoms with Gasteiger partial charge >= 0.3 is 18.0 Å². The number of hydrogen-bond donors (Lipinski definition) is 2. The monoisotopic (exact) mass is 466 g/mol. The molecule has 0 radical (unpaired) electrons. The van der Waals surface area contributed by atoms with Gasteiger partial charge in [0.1, 0.15) is 23.2 Å². The SMILES string of the molecule is COc1cc(C)c(C(=O)O[C@H]2[C@@H](OC(C)=O)[C@H](N3CCC(=O)NC3=O)O[C@@H]2CO)c(OC)c1. The third-order valence-corrected chi connectivity index (χ3v) is 5.34. The molecule has 3 rings (SSSR count). The number of rotatable bonds is 7. The number of urea groups is 1. The van der Waals surface area contributed by atoms with Crippen LogP contribution in [0.3, 0.4) is 0 Å². The van der Waals surface area contributed by atoms with E-state index < -0.39 is 55.0 Å². The van der Waals surface area contributed by atoms with E-state index in [0.717, 1.165) is 11.8 Å². The lowest BCUT2D eigenvalue weighted by Gasteiger charge is -2.34. The van der Waals surface area contributed by atoms with Crippen molar-refractivity contribution in [2.45, 2.75) is 44.8 Å². The van der Waals surface area contributed by atoms with E-state index in [1.807, 2.05) is 0 Å². The Balaban J connectivity index is 1.91. The molecule has 2 saturated heterocycles. The number of amides is 3. The van der Waals surface area contributed by atoms with E-state index in [9.17, 15) is 24.3 Å². The molecule has 2 fully saturated rings. The first-order chi connectivity index (χ1) is 15.7. The summed E-state index contributed by atoms with van der Waals surface area (Å²) >= 11 is 0. The predicted octanol–water partition coefficient (Wildman–Crippen LogP) is 0.128. The van der Waals surface area contributed by atoms with Crippen LogP contribution in [0.4, 0.5) is 4.79 Å². The summed E-state index contributed by atoms with van der Waals surface area (Å²) in [7, 11) is 2.86. The Labute approximate surface area is 189 Å². The molecule has 0 saturated carbocycles. The molecule has 4 atom stereocenters. The van der Waals surface area contributed by atoms with Crippen molar-refractivity contribution in [2.75, 3.05) is 27.4 Å². The van der Waals surface area contributed by atoms with Gasteiger partial charge in [-0.25, -0.2) is 9.59 Å². The van der Waals surface area contributed by atoms with Gasteiger partial charge in [-0.15, -0.1) is 0 Å². The quantitative estimate of drug-likeness (QED) is 0.531. The van der Waals surface area contributed by atoms with E-state index in [1.165, 1.54) is 20.3 Å². The molecular weight excluding hydrogens is 440 g/mol. The largest absolute Gasteiger partial charge is 0.497 e. The number of nitrogens with zero attached hydrogens (tertiary/aromatic N) is 1. The van der Waals surface area contributed by atoms with E-state index in [-0.39, 0.29) is 24.3 Å². The van der Waals surface area contributed by atoms with Gasteiger partial charge in [-0.1, -0.05) is 0 Å². The number of methoxy groups -OCH3 is 2. The molecule has 1 aromatic carbocycles. The fraction of sp³-hybridized carbons (Fsp3) is 0.524. The van der Waals surface area contributed by atoms with Crippen molar-refractivity contribution in [2.24, 2.45) is 0 Å². The van der Waals surface area contributed by atoms with Crippen LogP contribution in [0, 0.1) is 6.92 Å². The zero-order valence-corrected chi connectivity index (χ0v) is 18.7. The number of aryl methyl sites for hydroxylation is 1. The molecule has 2 N–H and O–H groups in total. The van der Waals surface area contributed by atoms with E-state index in [4.69, 9.17) is 23.7 Å². The summed E-state index contributed by atoms with van der Waals surface area (Å²) in [5.74, 6) is -1.30. The first-order valence-corrected chi connectivity index (χ1v) is 10.2.